The molecule has 0 saturated heterocycles. The molecule has 0 aliphatic heterocycles. The first-order valence-electron chi connectivity index (χ1n) is 7.99. The summed E-state index contributed by atoms with van der Waals surface area (Å²) in [4.78, 5) is 12.3. The number of halogens is 1. The summed E-state index contributed by atoms with van der Waals surface area (Å²) in [6.07, 6.45) is 4.72. The summed E-state index contributed by atoms with van der Waals surface area (Å²) in [5.74, 6) is 0.686. The highest BCUT2D eigenvalue weighted by atomic mass is 127. The Morgan fingerprint density at radius 1 is 1.09 bits per heavy atom. The number of benzene rings is 2. The standard InChI is InChI=1S/C19H22INO2/c1-2-3-4-5-12-23-18-11-7-10-17(14-18)21-19(22)15-8-6-9-16(20)13-15/h6-11,13-14H,2-5,12H2,1H3,(H,21,22). The molecule has 0 atom stereocenters. The maximum atomic E-state index is 12.3. The van der Waals surface area contributed by atoms with E-state index in [4.69, 9.17) is 4.74 Å². The van der Waals surface area contributed by atoms with E-state index in [0.717, 1.165) is 21.4 Å². The van der Waals surface area contributed by atoms with Crippen LogP contribution in [0.3, 0.4) is 0 Å². The largest absolute Gasteiger partial charge is 0.494 e. The second-order valence-electron chi connectivity index (χ2n) is 5.40. The van der Waals surface area contributed by atoms with E-state index in [2.05, 4.69) is 34.8 Å². The highest BCUT2D eigenvalue weighted by molar-refractivity contribution is 14.1. The average molecular weight is 423 g/mol. The molecule has 4 heteroatoms. The van der Waals surface area contributed by atoms with Crippen LogP contribution in [0.1, 0.15) is 43.0 Å². The lowest BCUT2D eigenvalue weighted by Crippen LogP contribution is -2.12. The predicted octanol–water partition coefficient (Wildman–Crippen LogP) is 5.50. The van der Waals surface area contributed by atoms with Crippen LogP contribution in [0.2, 0.25) is 0 Å². The number of nitrogens with one attached hydrogen (secondary N) is 1. The van der Waals surface area contributed by atoms with Crippen LogP contribution in [-0.4, -0.2) is 12.5 Å². The number of carbonyl (C=O) groups excluding carboxylic acids is 1. The van der Waals surface area contributed by atoms with Crippen LogP contribution in [0.4, 0.5) is 5.69 Å². The Bertz CT molecular complexity index is 643. The number of hydrogen-bond donors (Lipinski definition) is 1. The first kappa shape index (κ1) is 17.8. The highest BCUT2D eigenvalue weighted by Gasteiger charge is 2.07. The molecule has 0 spiro atoms. The zero-order valence-electron chi connectivity index (χ0n) is 13.3. The summed E-state index contributed by atoms with van der Waals surface area (Å²) < 4.78 is 6.79. The maximum absolute atomic E-state index is 12.3. The van der Waals surface area contributed by atoms with Crippen molar-refractivity contribution in [1.82, 2.24) is 0 Å². The van der Waals surface area contributed by atoms with Crippen molar-refractivity contribution in [2.75, 3.05) is 11.9 Å². The number of carbonyl (C=O) groups is 1. The molecule has 1 N–H and O–H groups in total. The normalized spacial score (nSPS) is 10.3. The minimum Gasteiger partial charge on any atom is -0.494 e. The van der Waals surface area contributed by atoms with Gasteiger partial charge in [0.1, 0.15) is 5.75 Å². The van der Waals surface area contributed by atoms with Crippen molar-refractivity contribution in [3.05, 3.63) is 57.7 Å². The van der Waals surface area contributed by atoms with Crippen LogP contribution in [0, 0.1) is 3.57 Å². The Hall–Kier alpha value is -1.56. The lowest BCUT2D eigenvalue weighted by molar-refractivity contribution is 0.102. The van der Waals surface area contributed by atoms with Crippen LogP contribution in [0.5, 0.6) is 5.75 Å². The van der Waals surface area contributed by atoms with E-state index in [1.165, 1.54) is 19.3 Å². The van der Waals surface area contributed by atoms with Crippen molar-refractivity contribution in [2.24, 2.45) is 0 Å². The van der Waals surface area contributed by atoms with Crippen molar-refractivity contribution in [3.63, 3.8) is 0 Å². The minimum absolute atomic E-state index is 0.108. The molecule has 0 bridgehead atoms. The van der Waals surface area contributed by atoms with Crippen LogP contribution in [-0.2, 0) is 0 Å². The number of hydrogen-bond acceptors (Lipinski definition) is 2. The molecule has 0 heterocycles. The van der Waals surface area contributed by atoms with Crippen molar-refractivity contribution >= 4 is 34.2 Å². The van der Waals surface area contributed by atoms with Crippen LogP contribution >= 0.6 is 22.6 Å². The maximum Gasteiger partial charge on any atom is 0.255 e. The molecule has 23 heavy (non-hydrogen) atoms. The van der Waals surface area contributed by atoms with Crippen LogP contribution < -0.4 is 10.1 Å². The van der Waals surface area contributed by atoms with Crippen LogP contribution in [0.15, 0.2) is 48.5 Å². The smallest absolute Gasteiger partial charge is 0.255 e. The van der Waals surface area contributed by atoms with Gasteiger partial charge in [0.2, 0.25) is 0 Å². The number of rotatable bonds is 8. The second kappa shape index (κ2) is 9.55. The Kier molecular flexibility index (Phi) is 7.39. The van der Waals surface area contributed by atoms with Crippen molar-refractivity contribution < 1.29 is 9.53 Å². The topological polar surface area (TPSA) is 38.3 Å². The number of unbranched alkanes of at least 4 members (excludes halogenated alkanes) is 3. The van der Waals surface area contributed by atoms with Gasteiger partial charge in [0.15, 0.2) is 0 Å². The van der Waals surface area contributed by atoms with Crippen LogP contribution in [0.25, 0.3) is 0 Å². The molecule has 0 aromatic heterocycles. The van der Waals surface area contributed by atoms with Gasteiger partial charge in [-0.3, -0.25) is 4.79 Å². The zero-order chi connectivity index (χ0) is 16.5. The van der Waals surface area contributed by atoms with Crippen molar-refractivity contribution in [1.29, 1.82) is 0 Å². The molecule has 0 unspecified atom stereocenters. The van der Waals surface area contributed by atoms with Gasteiger partial charge in [-0.1, -0.05) is 38.3 Å². The fourth-order valence-electron chi connectivity index (χ4n) is 2.22. The molecular formula is C19H22INO2. The van der Waals surface area contributed by atoms with E-state index in [-0.39, 0.29) is 5.91 Å². The Morgan fingerprint density at radius 3 is 2.70 bits per heavy atom. The summed E-state index contributed by atoms with van der Waals surface area (Å²) in [7, 11) is 0. The molecular weight excluding hydrogens is 401 g/mol. The molecule has 0 saturated carbocycles. The van der Waals surface area contributed by atoms with E-state index >= 15 is 0 Å². The van der Waals surface area contributed by atoms with Gasteiger partial charge in [0, 0.05) is 20.9 Å². The third-order valence-corrected chi connectivity index (χ3v) is 4.12. The van der Waals surface area contributed by atoms with E-state index in [1.807, 2.05) is 48.5 Å². The Labute approximate surface area is 151 Å². The first-order chi connectivity index (χ1) is 11.2. The molecule has 0 aliphatic carbocycles. The van der Waals surface area contributed by atoms with Crippen molar-refractivity contribution in [2.45, 2.75) is 32.6 Å². The molecule has 2 aromatic carbocycles. The summed E-state index contributed by atoms with van der Waals surface area (Å²) in [6, 6.07) is 15.1. The fourth-order valence-corrected chi connectivity index (χ4v) is 2.76. The predicted molar refractivity (Wildman–Crippen MR) is 103 cm³/mol. The zero-order valence-corrected chi connectivity index (χ0v) is 15.5. The number of amides is 1. The third-order valence-electron chi connectivity index (χ3n) is 3.45. The van der Waals surface area contributed by atoms with E-state index < -0.39 is 0 Å². The quantitative estimate of drug-likeness (QED) is 0.450. The molecule has 3 nitrogen and oxygen atoms in total. The van der Waals surface area contributed by atoms with Gasteiger partial charge in [-0.2, -0.15) is 0 Å². The monoisotopic (exact) mass is 423 g/mol. The number of anilines is 1. The second-order valence-corrected chi connectivity index (χ2v) is 6.65. The molecule has 2 aromatic rings. The Morgan fingerprint density at radius 2 is 1.91 bits per heavy atom. The summed E-state index contributed by atoms with van der Waals surface area (Å²) in [6.45, 7) is 2.91. The van der Waals surface area contributed by atoms with E-state index in [0.29, 0.717) is 12.2 Å². The van der Waals surface area contributed by atoms with E-state index in [1.54, 1.807) is 0 Å². The molecule has 1 amide bonds. The molecule has 122 valence electrons. The third kappa shape index (κ3) is 6.22. The summed E-state index contributed by atoms with van der Waals surface area (Å²) >= 11 is 2.20. The molecule has 0 radical (unpaired) electrons. The lowest BCUT2D eigenvalue weighted by atomic mass is 10.2. The van der Waals surface area contributed by atoms with Gasteiger partial charge in [-0.05, 0) is 59.3 Å². The molecule has 2 rings (SSSR count). The van der Waals surface area contributed by atoms with Gasteiger partial charge < -0.3 is 10.1 Å². The summed E-state index contributed by atoms with van der Waals surface area (Å²) in [5.41, 5.74) is 1.41. The fraction of sp³-hybridized carbons (Fsp3) is 0.316. The Balaban J connectivity index is 1.90. The first-order valence-corrected chi connectivity index (χ1v) is 9.06. The minimum atomic E-state index is -0.108. The average Bonchev–Trinajstić information content (AvgIpc) is 2.55. The lowest BCUT2D eigenvalue weighted by Gasteiger charge is -2.09. The molecule has 0 fully saturated rings. The molecule has 0 aliphatic rings. The van der Waals surface area contributed by atoms with E-state index in [9.17, 15) is 4.79 Å². The van der Waals surface area contributed by atoms with Gasteiger partial charge in [0.05, 0.1) is 6.61 Å². The highest BCUT2D eigenvalue weighted by Crippen LogP contribution is 2.19. The summed E-state index contributed by atoms with van der Waals surface area (Å²) in [5, 5.41) is 2.91. The SMILES string of the molecule is CCCCCCOc1cccc(NC(=O)c2cccc(I)c2)c1. The van der Waals surface area contributed by atoms with Crippen molar-refractivity contribution in [3.8, 4) is 5.75 Å². The van der Waals surface area contributed by atoms with Gasteiger partial charge in [-0.25, -0.2) is 0 Å². The van der Waals surface area contributed by atoms with Gasteiger partial charge in [0.25, 0.3) is 5.91 Å². The number of ether oxygens (including phenoxy) is 1. The van der Waals surface area contributed by atoms with Gasteiger partial charge in [-0.15, -0.1) is 0 Å². The van der Waals surface area contributed by atoms with Gasteiger partial charge >= 0.3 is 0 Å².